The van der Waals surface area contributed by atoms with E-state index in [-0.39, 0.29) is 23.5 Å². The third-order valence-corrected chi connectivity index (χ3v) is 6.31. The molecule has 1 saturated heterocycles. The van der Waals surface area contributed by atoms with Crippen LogP contribution in [0.2, 0.25) is 0 Å². The Morgan fingerprint density at radius 2 is 1.91 bits per heavy atom. The Hall–Kier alpha value is -3.36. The van der Waals surface area contributed by atoms with Crippen LogP contribution in [0.15, 0.2) is 36.4 Å². The molecule has 184 valence electrons. The standard InChI is InChI=1S/C24H22F3N3O4S/c1-23(2)21(32)29(15-6-5-14(12-28)18(10-15)24(25,26)27)22(35)30(23)16-7-8-19-20(11-16)33-13-17(34-19)4-3-9-31/h5-8,10-11,17,31H,3-4,9,13H2,1-2H3/t17-/m0/s1. The average molecular weight is 506 g/mol. The number of halogens is 3. The van der Waals surface area contributed by atoms with Crippen molar-refractivity contribution in [1.29, 1.82) is 5.26 Å². The molecule has 0 aliphatic carbocycles. The van der Waals surface area contributed by atoms with E-state index in [0.717, 1.165) is 17.0 Å². The van der Waals surface area contributed by atoms with E-state index in [4.69, 9.17) is 32.1 Å². The highest BCUT2D eigenvalue weighted by atomic mass is 32.1. The summed E-state index contributed by atoms with van der Waals surface area (Å²) in [4.78, 5) is 15.9. The number of nitriles is 1. The Balaban J connectivity index is 1.68. The van der Waals surface area contributed by atoms with E-state index in [9.17, 15) is 18.0 Å². The van der Waals surface area contributed by atoms with Crippen LogP contribution >= 0.6 is 12.2 Å². The number of hydrogen-bond donors (Lipinski definition) is 1. The number of alkyl halides is 3. The van der Waals surface area contributed by atoms with Crippen molar-refractivity contribution in [2.75, 3.05) is 23.0 Å². The maximum atomic E-state index is 13.5. The average Bonchev–Trinajstić information content (AvgIpc) is 2.99. The van der Waals surface area contributed by atoms with Gasteiger partial charge in [0.2, 0.25) is 0 Å². The van der Waals surface area contributed by atoms with E-state index in [1.54, 1.807) is 36.9 Å². The van der Waals surface area contributed by atoms with E-state index < -0.39 is 28.7 Å². The van der Waals surface area contributed by atoms with Gasteiger partial charge in [-0.15, -0.1) is 0 Å². The van der Waals surface area contributed by atoms with Crippen LogP contribution in [0.25, 0.3) is 0 Å². The minimum absolute atomic E-state index is 0.00432. The van der Waals surface area contributed by atoms with Crippen molar-refractivity contribution in [2.24, 2.45) is 0 Å². The number of benzene rings is 2. The first-order valence-corrected chi connectivity index (χ1v) is 11.2. The molecule has 2 aromatic carbocycles. The molecule has 2 heterocycles. The number of amides is 1. The van der Waals surface area contributed by atoms with Crippen molar-refractivity contribution in [3.8, 4) is 17.6 Å². The highest BCUT2D eigenvalue weighted by molar-refractivity contribution is 7.81. The number of carbonyl (C=O) groups is 1. The molecule has 0 aromatic heterocycles. The molecular formula is C24H22F3N3O4S. The van der Waals surface area contributed by atoms with Crippen LogP contribution in [0.4, 0.5) is 24.5 Å². The van der Waals surface area contributed by atoms with Gasteiger partial charge in [-0.1, -0.05) is 0 Å². The van der Waals surface area contributed by atoms with E-state index in [0.29, 0.717) is 36.6 Å². The van der Waals surface area contributed by atoms with E-state index in [1.165, 1.54) is 12.1 Å². The quantitative estimate of drug-likeness (QED) is 0.603. The summed E-state index contributed by atoms with van der Waals surface area (Å²) >= 11 is 5.56. The van der Waals surface area contributed by atoms with Crippen LogP contribution < -0.4 is 19.3 Å². The lowest BCUT2D eigenvalue weighted by atomic mass is 10.0. The number of aliphatic hydroxyl groups excluding tert-OH is 1. The SMILES string of the molecule is CC1(C)C(=O)N(c2ccc(C#N)c(C(F)(F)F)c2)C(=S)N1c1ccc2c(c1)OC[C@H](CCCO)O2. The number of thiocarbonyl (C=S) groups is 1. The number of fused-ring (bicyclic) bond motifs is 1. The lowest BCUT2D eigenvalue weighted by Gasteiger charge is -2.31. The van der Waals surface area contributed by atoms with Crippen LogP contribution in [0.3, 0.4) is 0 Å². The Morgan fingerprint density at radius 3 is 2.57 bits per heavy atom. The number of ether oxygens (including phenoxy) is 2. The Bertz CT molecular complexity index is 1230. The summed E-state index contributed by atoms with van der Waals surface area (Å²) in [6.45, 7) is 3.59. The van der Waals surface area contributed by atoms with Gasteiger partial charge >= 0.3 is 6.18 Å². The summed E-state index contributed by atoms with van der Waals surface area (Å²) in [6, 6.07) is 9.65. The number of nitrogens with zero attached hydrogens (tertiary/aromatic N) is 3. The maximum Gasteiger partial charge on any atom is 0.417 e. The van der Waals surface area contributed by atoms with Crippen LogP contribution in [0.5, 0.6) is 11.5 Å². The van der Waals surface area contributed by atoms with E-state index in [2.05, 4.69) is 0 Å². The van der Waals surface area contributed by atoms with Gasteiger partial charge in [-0.3, -0.25) is 9.69 Å². The normalized spacial score (nSPS) is 19.2. The monoisotopic (exact) mass is 505 g/mol. The third-order valence-electron chi connectivity index (χ3n) is 5.94. The lowest BCUT2D eigenvalue weighted by molar-refractivity contribution is -0.137. The lowest BCUT2D eigenvalue weighted by Crippen LogP contribution is -2.44. The van der Waals surface area contributed by atoms with Gasteiger partial charge in [-0.25, -0.2) is 0 Å². The largest absolute Gasteiger partial charge is 0.486 e. The Morgan fingerprint density at radius 1 is 1.20 bits per heavy atom. The molecule has 2 aromatic rings. The molecule has 4 rings (SSSR count). The zero-order valence-electron chi connectivity index (χ0n) is 18.9. The van der Waals surface area contributed by atoms with Gasteiger partial charge < -0.3 is 19.5 Å². The minimum Gasteiger partial charge on any atom is -0.486 e. The van der Waals surface area contributed by atoms with Gasteiger partial charge in [-0.2, -0.15) is 18.4 Å². The van der Waals surface area contributed by atoms with Crippen LogP contribution in [-0.2, 0) is 11.0 Å². The van der Waals surface area contributed by atoms with E-state index in [1.807, 2.05) is 0 Å². The number of anilines is 2. The molecule has 1 atom stereocenters. The zero-order valence-corrected chi connectivity index (χ0v) is 19.7. The number of hydrogen-bond acceptors (Lipinski definition) is 6. The molecular weight excluding hydrogens is 483 g/mol. The van der Waals surface area contributed by atoms with Crippen molar-refractivity contribution in [3.63, 3.8) is 0 Å². The summed E-state index contributed by atoms with van der Waals surface area (Å²) in [5.74, 6) is 0.445. The fourth-order valence-electron chi connectivity index (χ4n) is 4.16. The first kappa shape index (κ1) is 24.8. The van der Waals surface area contributed by atoms with Gasteiger partial charge in [-0.05, 0) is 69.2 Å². The highest BCUT2D eigenvalue weighted by Gasteiger charge is 2.51. The van der Waals surface area contributed by atoms with Gasteiger partial charge in [0, 0.05) is 18.4 Å². The van der Waals surface area contributed by atoms with E-state index >= 15 is 0 Å². The molecule has 35 heavy (non-hydrogen) atoms. The highest BCUT2D eigenvalue weighted by Crippen LogP contribution is 2.42. The predicted molar refractivity (Wildman–Crippen MR) is 125 cm³/mol. The molecule has 0 unspecified atom stereocenters. The molecule has 1 fully saturated rings. The molecule has 0 bridgehead atoms. The van der Waals surface area contributed by atoms with Crippen molar-refractivity contribution in [1.82, 2.24) is 0 Å². The molecule has 1 amide bonds. The second-order valence-electron chi connectivity index (χ2n) is 8.70. The topological polar surface area (TPSA) is 86.0 Å². The van der Waals surface area contributed by atoms with Crippen LogP contribution in [0, 0.1) is 11.3 Å². The maximum absolute atomic E-state index is 13.5. The van der Waals surface area contributed by atoms with Gasteiger partial charge in [0.05, 0.1) is 22.9 Å². The molecule has 7 nitrogen and oxygen atoms in total. The molecule has 0 saturated carbocycles. The van der Waals surface area contributed by atoms with Gasteiger partial charge in [0.15, 0.2) is 16.6 Å². The van der Waals surface area contributed by atoms with Gasteiger partial charge in [0.1, 0.15) is 18.2 Å². The second kappa shape index (κ2) is 9.02. The number of aliphatic hydroxyl groups is 1. The molecule has 2 aliphatic heterocycles. The molecule has 0 radical (unpaired) electrons. The third kappa shape index (κ3) is 4.39. The molecule has 1 N–H and O–H groups in total. The summed E-state index contributed by atoms with van der Waals surface area (Å²) in [5, 5.41) is 18.1. The van der Waals surface area contributed by atoms with Gasteiger partial charge in [0.25, 0.3) is 5.91 Å². The molecule has 0 spiro atoms. The van der Waals surface area contributed by atoms with Crippen molar-refractivity contribution < 1.29 is 32.5 Å². The van der Waals surface area contributed by atoms with Crippen LogP contribution in [0.1, 0.15) is 37.8 Å². The Labute approximate surface area is 205 Å². The fraction of sp³-hybridized carbons (Fsp3) is 0.375. The van der Waals surface area contributed by atoms with Crippen molar-refractivity contribution in [2.45, 2.75) is 44.5 Å². The first-order valence-electron chi connectivity index (χ1n) is 10.8. The predicted octanol–water partition coefficient (Wildman–Crippen LogP) is 4.41. The van der Waals surface area contributed by atoms with Crippen LogP contribution in [-0.4, -0.2) is 41.0 Å². The molecule has 11 heteroatoms. The zero-order chi connectivity index (χ0) is 25.5. The summed E-state index contributed by atoms with van der Waals surface area (Å²) in [6.07, 6.45) is -3.75. The Kier molecular flexibility index (Phi) is 6.38. The smallest absolute Gasteiger partial charge is 0.417 e. The number of rotatable bonds is 5. The summed E-state index contributed by atoms with van der Waals surface area (Å²) in [7, 11) is 0. The molecule has 2 aliphatic rings. The number of carbonyl (C=O) groups excluding carboxylic acids is 1. The summed E-state index contributed by atoms with van der Waals surface area (Å²) < 4.78 is 52.3. The minimum atomic E-state index is -4.77. The first-order chi connectivity index (χ1) is 16.5. The van der Waals surface area contributed by atoms with Crippen molar-refractivity contribution in [3.05, 3.63) is 47.5 Å². The second-order valence-corrected chi connectivity index (χ2v) is 9.07. The summed E-state index contributed by atoms with van der Waals surface area (Å²) in [5.41, 5.74) is -2.46. The fourth-order valence-corrected chi connectivity index (χ4v) is 4.68. The van der Waals surface area contributed by atoms with Crippen molar-refractivity contribution >= 4 is 34.6 Å².